The molecular formula is C23H19F3N2O. The number of nitrogens with one attached hydrogen (secondary N) is 1. The number of hydrogen-bond acceptors (Lipinski definition) is 1. The number of halogens is 3. The van der Waals surface area contributed by atoms with E-state index in [4.69, 9.17) is 0 Å². The quantitative estimate of drug-likeness (QED) is 0.602. The van der Waals surface area contributed by atoms with Gasteiger partial charge in [-0.2, -0.15) is 13.2 Å². The molecule has 148 valence electrons. The first-order valence-corrected chi connectivity index (χ1v) is 9.36. The van der Waals surface area contributed by atoms with Crippen LogP contribution in [0.25, 0.3) is 5.57 Å². The summed E-state index contributed by atoms with van der Waals surface area (Å²) in [7, 11) is 0. The Morgan fingerprint density at radius 1 is 0.931 bits per heavy atom. The molecule has 0 unspecified atom stereocenters. The van der Waals surface area contributed by atoms with Gasteiger partial charge in [-0.1, -0.05) is 30.3 Å². The van der Waals surface area contributed by atoms with Gasteiger partial charge in [-0.3, -0.25) is 4.79 Å². The maximum atomic E-state index is 13.1. The summed E-state index contributed by atoms with van der Waals surface area (Å²) in [6.07, 6.45) is -1.03. The highest BCUT2D eigenvalue weighted by atomic mass is 19.4. The lowest BCUT2D eigenvalue weighted by molar-refractivity contribution is -0.137. The van der Waals surface area contributed by atoms with Crippen LogP contribution < -0.4 is 5.32 Å². The van der Waals surface area contributed by atoms with Gasteiger partial charge in [0.15, 0.2) is 0 Å². The van der Waals surface area contributed by atoms with Gasteiger partial charge in [-0.15, -0.1) is 0 Å². The average Bonchev–Trinajstić information content (AvgIpc) is 3.08. The molecule has 29 heavy (non-hydrogen) atoms. The van der Waals surface area contributed by atoms with Crippen LogP contribution in [0.3, 0.4) is 0 Å². The number of fused-ring (bicyclic) bond motifs is 1. The van der Waals surface area contributed by atoms with E-state index < -0.39 is 11.7 Å². The van der Waals surface area contributed by atoms with Crippen LogP contribution in [0, 0.1) is 0 Å². The average molecular weight is 396 g/mol. The molecule has 1 N–H and O–H groups in total. The SMILES string of the molecule is O=C(Nc1ccc(C(F)(F)F)cc1)C1=C(c2ccccc2)c2cccn2CCC1. The first kappa shape index (κ1) is 19.1. The van der Waals surface area contributed by atoms with Crippen molar-refractivity contribution >= 4 is 17.2 Å². The van der Waals surface area contributed by atoms with Gasteiger partial charge in [-0.05, 0) is 54.8 Å². The highest BCUT2D eigenvalue weighted by Crippen LogP contribution is 2.34. The molecule has 0 spiro atoms. The standard InChI is InChI=1S/C23H19F3N2O/c24-23(25,26)17-10-12-18(13-11-17)27-22(29)19-8-4-14-28-15-5-9-20(28)21(19)16-6-2-1-3-7-16/h1-3,5-7,9-13,15H,4,8,14H2,(H,27,29). The Morgan fingerprint density at radius 3 is 2.34 bits per heavy atom. The van der Waals surface area contributed by atoms with Crippen molar-refractivity contribution in [3.8, 4) is 0 Å². The number of benzene rings is 2. The maximum Gasteiger partial charge on any atom is 0.416 e. The summed E-state index contributed by atoms with van der Waals surface area (Å²) >= 11 is 0. The molecule has 2 aromatic carbocycles. The van der Waals surface area contributed by atoms with E-state index in [2.05, 4.69) is 9.88 Å². The number of anilines is 1. The van der Waals surface area contributed by atoms with E-state index in [1.165, 1.54) is 12.1 Å². The molecule has 0 fully saturated rings. The van der Waals surface area contributed by atoms with Crippen LogP contribution in [0.4, 0.5) is 18.9 Å². The molecule has 0 bridgehead atoms. The number of aryl methyl sites for hydroxylation is 1. The Hall–Kier alpha value is -3.28. The van der Waals surface area contributed by atoms with E-state index in [0.29, 0.717) is 17.7 Å². The highest BCUT2D eigenvalue weighted by Gasteiger charge is 2.30. The summed E-state index contributed by atoms with van der Waals surface area (Å²) in [6.45, 7) is 0.801. The first-order valence-electron chi connectivity index (χ1n) is 9.36. The molecule has 6 heteroatoms. The normalized spacial score (nSPS) is 14.3. The van der Waals surface area contributed by atoms with Gasteiger partial charge in [-0.25, -0.2) is 0 Å². The predicted octanol–water partition coefficient (Wildman–Crippen LogP) is 5.74. The van der Waals surface area contributed by atoms with Gasteiger partial charge in [0.25, 0.3) is 5.91 Å². The van der Waals surface area contributed by atoms with E-state index in [9.17, 15) is 18.0 Å². The molecule has 2 heterocycles. The Morgan fingerprint density at radius 2 is 1.66 bits per heavy atom. The Bertz CT molecular complexity index is 1050. The number of amides is 1. The van der Waals surface area contributed by atoms with Crippen LogP contribution in [-0.2, 0) is 17.5 Å². The lowest BCUT2D eigenvalue weighted by Crippen LogP contribution is -2.16. The monoisotopic (exact) mass is 396 g/mol. The molecule has 1 amide bonds. The van der Waals surface area contributed by atoms with E-state index in [0.717, 1.165) is 41.9 Å². The second kappa shape index (κ2) is 7.62. The zero-order chi connectivity index (χ0) is 20.4. The number of rotatable bonds is 3. The number of carbonyl (C=O) groups is 1. The number of hydrogen-bond donors (Lipinski definition) is 1. The fourth-order valence-corrected chi connectivity index (χ4v) is 3.64. The maximum absolute atomic E-state index is 13.1. The molecule has 0 radical (unpaired) electrons. The Balaban J connectivity index is 1.71. The van der Waals surface area contributed by atoms with E-state index in [1.807, 2.05) is 48.7 Å². The van der Waals surface area contributed by atoms with Crippen molar-refractivity contribution < 1.29 is 18.0 Å². The van der Waals surface area contributed by atoms with E-state index in [1.54, 1.807) is 0 Å². The second-order valence-electron chi connectivity index (χ2n) is 6.94. The fourth-order valence-electron chi connectivity index (χ4n) is 3.64. The van der Waals surface area contributed by atoms with Gasteiger partial charge < -0.3 is 9.88 Å². The minimum absolute atomic E-state index is 0.293. The molecule has 0 saturated carbocycles. The number of nitrogens with zero attached hydrogens (tertiary/aromatic N) is 1. The van der Waals surface area contributed by atoms with E-state index in [-0.39, 0.29) is 5.91 Å². The van der Waals surface area contributed by atoms with Crippen LogP contribution in [0.5, 0.6) is 0 Å². The zero-order valence-electron chi connectivity index (χ0n) is 15.5. The zero-order valence-corrected chi connectivity index (χ0v) is 15.5. The topological polar surface area (TPSA) is 34.0 Å². The number of alkyl halides is 3. The van der Waals surface area contributed by atoms with Gasteiger partial charge in [0.1, 0.15) is 0 Å². The van der Waals surface area contributed by atoms with Crippen LogP contribution in [0.2, 0.25) is 0 Å². The third kappa shape index (κ3) is 3.97. The van der Waals surface area contributed by atoms with Crippen LogP contribution in [0.15, 0.2) is 78.5 Å². The molecule has 1 aliphatic heterocycles. The summed E-state index contributed by atoms with van der Waals surface area (Å²) in [6, 6.07) is 18.1. The molecule has 0 saturated heterocycles. The highest BCUT2D eigenvalue weighted by molar-refractivity contribution is 6.11. The van der Waals surface area contributed by atoms with Crippen molar-refractivity contribution in [1.29, 1.82) is 0 Å². The molecule has 4 rings (SSSR count). The van der Waals surface area contributed by atoms with Crippen molar-refractivity contribution in [2.24, 2.45) is 0 Å². The summed E-state index contributed by atoms with van der Waals surface area (Å²) in [5, 5.41) is 2.77. The lowest BCUT2D eigenvalue weighted by Gasteiger charge is -2.15. The van der Waals surface area contributed by atoms with Crippen molar-refractivity contribution in [1.82, 2.24) is 4.57 Å². The summed E-state index contributed by atoms with van der Waals surface area (Å²) in [4.78, 5) is 13.1. The molecule has 1 aromatic heterocycles. The number of aromatic nitrogens is 1. The largest absolute Gasteiger partial charge is 0.416 e. The minimum atomic E-state index is -4.40. The van der Waals surface area contributed by atoms with Crippen LogP contribution >= 0.6 is 0 Å². The number of carbonyl (C=O) groups excluding carboxylic acids is 1. The van der Waals surface area contributed by atoms with Crippen molar-refractivity contribution in [3.05, 3.63) is 95.3 Å². The van der Waals surface area contributed by atoms with Crippen LogP contribution in [-0.4, -0.2) is 10.5 Å². The fraction of sp³-hybridized carbons (Fsp3) is 0.174. The smallest absolute Gasteiger partial charge is 0.347 e. The Kier molecular flexibility index (Phi) is 5.01. The predicted molar refractivity (Wildman–Crippen MR) is 106 cm³/mol. The molecule has 1 aliphatic rings. The molecule has 0 aliphatic carbocycles. The summed E-state index contributed by atoms with van der Waals surface area (Å²) < 4.78 is 40.4. The first-order chi connectivity index (χ1) is 13.9. The molecular weight excluding hydrogens is 377 g/mol. The third-order valence-electron chi connectivity index (χ3n) is 5.02. The summed E-state index contributed by atoms with van der Waals surface area (Å²) in [5.41, 5.74) is 2.98. The molecule has 3 aromatic rings. The van der Waals surface area contributed by atoms with Gasteiger partial charge >= 0.3 is 6.18 Å². The van der Waals surface area contributed by atoms with E-state index >= 15 is 0 Å². The lowest BCUT2D eigenvalue weighted by atomic mass is 9.94. The van der Waals surface area contributed by atoms with Crippen molar-refractivity contribution in [2.45, 2.75) is 25.6 Å². The second-order valence-corrected chi connectivity index (χ2v) is 6.94. The van der Waals surface area contributed by atoms with Gasteiger partial charge in [0, 0.05) is 35.3 Å². The third-order valence-corrected chi connectivity index (χ3v) is 5.02. The van der Waals surface area contributed by atoms with Crippen molar-refractivity contribution in [2.75, 3.05) is 5.32 Å². The minimum Gasteiger partial charge on any atom is -0.347 e. The van der Waals surface area contributed by atoms with Crippen LogP contribution in [0.1, 0.15) is 29.7 Å². The molecule has 3 nitrogen and oxygen atoms in total. The Labute approximate surface area is 166 Å². The van der Waals surface area contributed by atoms with Crippen molar-refractivity contribution in [3.63, 3.8) is 0 Å². The molecule has 0 atom stereocenters. The van der Waals surface area contributed by atoms with Gasteiger partial charge in [0.2, 0.25) is 0 Å². The summed E-state index contributed by atoms with van der Waals surface area (Å²) in [5.74, 6) is -0.293. The van der Waals surface area contributed by atoms with Gasteiger partial charge in [0.05, 0.1) is 5.56 Å².